The number of carbonyl (C=O) groups excluding carboxylic acids is 1. The molecule has 2 aromatic carbocycles. The molecular weight excluding hydrogens is 231 g/mol. The summed E-state index contributed by atoms with van der Waals surface area (Å²) in [7, 11) is 0. The Bertz CT molecular complexity index is 525. The molecule has 0 aliphatic heterocycles. The van der Waals surface area contributed by atoms with Crippen LogP contribution in [-0.2, 0) is 4.79 Å². The second-order valence-corrected chi connectivity index (χ2v) is 3.88. The number of carbonyl (C=O) groups is 1. The molecule has 2 aromatic rings. The smallest absolute Gasteiger partial charge is 0.245 e. The van der Waals surface area contributed by atoms with Crippen LogP contribution in [0.5, 0.6) is 0 Å². The van der Waals surface area contributed by atoms with E-state index >= 15 is 0 Å². The lowest BCUT2D eigenvalue weighted by Gasteiger charge is -2.12. The molecule has 0 aromatic heterocycles. The van der Waals surface area contributed by atoms with Gasteiger partial charge in [-0.25, -0.2) is 4.39 Å². The molecule has 92 valence electrons. The summed E-state index contributed by atoms with van der Waals surface area (Å²) < 4.78 is 12.7. The van der Waals surface area contributed by atoms with E-state index in [0.29, 0.717) is 5.69 Å². The Morgan fingerprint density at radius 1 is 1.06 bits per heavy atom. The fraction of sp³-hybridized carbons (Fsp3) is 0.0714. The SMILES string of the molecule is N[C@@H](C(=O)Nc1ccc(F)cc1)c1ccccc1. The van der Waals surface area contributed by atoms with E-state index in [-0.39, 0.29) is 11.7 Å². The summed E-state index contributed by atoms with van der Waals surface area (Å²) in [4.78, 5) is 11.9. The van der Waals surface area contributed by atoms with Gasteiger partial charge in [0.15, 0.2) is 0 Å². The Balaban J connectivity index is 2.06. The number of rotatable bonds is 3. The Morgan fingerprint density at radius 3 is 2.28 bits per heavy atom. The molecule has 2 rings (SSSR count). The van der Waals surface area contributed by atoms with Gasteiger partial charge in [-0.1, -0.05) is 30.3 Å². The molecule has 1 amide bonds. The number of hydrogen-bond donors (Lipinski definition) is 2. The number of hydrogen-bond acceptors (Lipinski definition) is 2. The van der Waals surface area contributed by atoms with Crippen molar-refractivity contribution in [2.24, 2.45) is 5.73 Å². The maximum atomic E-state index is 12.7. The zero-order chi connectivity index (χ0) is 13.0. The van der Waals surface area contributed by atoms with Crippen LogP contribution in [0.15, 0.2) is 54.6 Å². The van der Waals surface area contributed by atoms with Crippen LogP contribution in [0.1, 0.15) is 11.6 Å². The first-order valence-corrected chi connectivity index (χ1v) is 5.54. The van der Waals surface area contributed by atoms with Crippen LogP contribution in [0, 0.1) is 5.82 Å². The number of nitrogens with two attached hydrogens (primary N) is 1. The van der Waals surface area contributed by atoms with Crippen molar-refractivity contribution in [3.05, 3.63) is 66.0 Å². The highest BCUT2D eigenvalue weighted by atomic mass is 19.1. The van der Waals surface area contributed by atoms with Crippen molar-refractivity contribution < 1.29 is 9.18 Å². The van der Waals surface area contributed by atoms with E-state index in [1.165, 1.54) is 24.3 Å². The third-order valence-corrected chi connectivity index (χ3v) is 2.55. The zero-order valence-electron chi connectivity index (χ0n) is 9.64. The fourth-order valence-electron chi connectivity index (χ4n) is 1.56. The first-order valence-electron chi connectivity index (χ1n) is 5.54. The molecule has 4 heteroatoms. The van der Waals surface area contributed by atoms with E-state index in [4.69, 9.17) is 5.73 Å². The third-order valence-electron chi connectivity index (χ3n) is 2.55. The maximum Gasteiger partial charge on any atom is 0.245 e. The molecule has 0 saturated carbocycles. The Hall–Kier alpha value is -2.20. The third kappa shape index (κ3) is 2.93. The molecule has 0 heterocycles. The molecule has 0 spiro atoms. The highest BCUT2D eigenvalue weighted by Gasteiger charge is 2.15. The number of halogens is 1. The van der Waals surface area contributed by atoms with Gasteiger partial charge in [0.1, 0.15) is 11.9 Å². The molecule has 0 aliphatic carbocycles. The number of anilines is 1. The van der Waals surface area contributed by atoms with Gasteiger partial charge in [0.25, 0.3) is 0 Å². The van der Waals surface area contributed by atoms with Gasteiger partial charge in [-0.2, -0.15) is 0 Å². The fourth-order valence-corrected chi connectivity index (χ4v) is 1.56. The number of nitrogens with one attached hydrogen (secondary N) is 1. The number of amides is 1. The largest absolute Gasteiger partial charge is 0.324 e. The number of benzene rings is 2. The van der Waals surface area contributed by atoms with Crippen LogP contribution in [0.25, 0.3) is 0 Å². The predicted molar refractivity (Wildman–Crippen MR) is 68.4 cm³/mol. The van der Waals surface area contributed by atoms with Crippen LogP contribution in [-0.4, -0.2) is 5.91 Å². The van der Waals surface area contributed by atoms with Crippen molar-refractivity contribution in [1.29, 1.82) is 0 Å². The summed E-state index contributed by atoms with van der Waals surface area (Å²) in [6.45, 7) is 0. The van der Waals surface area contributed by atoms with Crippen molar-refractivity contribution in [3.8, 4) is 0 Å². The van der Waals surface area contributed by atoms with Gasteiger partial charge in [0.05, 0.1) is 0 Å². The standard InChI is InChI=1S/C14H13FN2O/c15-11-6-8-12(9-7-11)17-14(18)13(16)10-4-2-1-3-5-10/h1-9,13H,16H2,(H,17,18)/t13-/m1/s1. The first-order chi connectivity index (χ1) is 8.66. The Labute approximate surface area is 104 Å². The molecular formula is C14H13FN2O. The minimum absolute atomic E-state index is 0.326. The highest BCUT2D eigenvalue weighted by molar-refractivity contribution is 5.95. The van der Waals surface area contributed by atoms with Crippen LogP contribution in [0.4, 0.5) is 10.1 Å². The van der Waals surface area contributed by atoms with Gasteiger partial charge in [0, 0.05) is 5.69 Å². The lowest BCUT2D eigenvalue weighted by Crippen LogP contribution is -2.27. The molecule has 0 saturated heterocycles. The quantitative estimate of drug-likeness (QED) is 0.871. The monoisotopic (exact) mass is 244 g/mol. The van der Waals surface area contributed by atoms with Crippen molar-refractivity contribution in [3.63, 3.8) is 0 Å². The molecule has 0 bridgehead atoms. The summed E-state index contributed by atoms with van der Waals surface area (Å²) in [6, 6.07) is 13.9. The summed E-state index contributed by atoms with van der Waals surface area (Å²) in [5.41, 5.74) is 7.08. The van der Waals surface area contributed by atoms with Crippen molar-refractivity contribution in [2.75, 3.05) is 5.32 Å². The van der Waals surface area contributed by atoms with Crippen molar-refractivity contribution in [2.45, 2.75) is 6.04 Å². The van der Waals surface area contributed by atoms with E-state index in [0.717, 1.165) is 5.56 Å². The average Bonchev–Trinajstić information content (AvgIpc) is 2.41. The minimum atomic E-state index is -0.740. The maximum absolute atomic E-state index is 12.7. The summed E-state index contributed by atoms with van der Waals surface area (Å²) in [5.74, 6) is -0.673. The van der Waals surface area contributed by atoms with Crippen LogP contribution in [0.3, 0.4) is 0 Å². The van der Waals surface area contributed by atoms with Gasteiger partial charge in [-0.05, 0) is 29.8 Å². The summed E-state index contributed by atoms with van der Waals surface area (Å²) in [5, 5.41) is 2.64. The molecule has 3 N–H and O–H groups in total. The van der Waals surface area contributed by atoms with E-state index in [2.05, 4.69) is 5.32 Å². The van der Waals surface area contributed by atoms with E-state index in [1.807, 2.05) is 18.2 Å². The van der Waals surface area contributed by atoms with E-state index in [1.54, 1.807) is 12.1 Å². The predicted octanol–water partition coefficient (Wildman–Crippen LogP) is 2.46. The van der Waals surface area contributed by atoms with Gasteiger partial charge in [-0.15, -0.1) is 0 Å². The van der Waals surface area contributed by atoms with Gasteiger partial charge < -0.3 is 11.1 Å². The zero-order valence-corrected chi connectivity index (χ0v) is 9.64. The van der Waals surface area contributed by atoms with E-state index < -0.39 is 6.04 Å². The second-order valence-electron chi connectivity index (χ2n) is 3.88. The average molecular weight is 244 g/mol. The lowest BCUT2D eigenvalue weighted by atomic mass is 10.1. The molecule has 0 radical (unpaired) electrons. The Morgan fingerprint density at radius 2 is 1.67 bits per heavy atom. The first kappa shape index (κ1) is 12.3. The molecule has 0 aliphatic rings. The van der Waals surface area contributed by atoms with Crippen molar-refractivity contribution in [1.82, 2.24) is 0 Å². The van der Waals surface area contributed by atoms with Gasteiger partial charge >= 0.3 is 0 Å². The van der Waals surface area contributed by atoms with Crippen LogP contribution >= 0.6 is 0 Å². The second kappa shape index (κ2) is 5.42. The van der Waals surface area contributed by atoms with Crippen molar-refractivity contribution >= 4 is 11.6 Å². The minimum Gasteiger partial charge on any atom is -0.324 e. The van der Waals surface area contributed by atoms with Gasteiger partial charge in [0.2, 0.25) is 5.91 Å². The lowest BCUT2D eigenvalue weighted by molar-refractivity contribution is -0.117. The van der Waals surface area contributed by atoms with Crippen LogP contribution < -0.4 is 11.1 Å². The topological polar surface area (TPSA) is 55.1 Å². The van der Waals surface area contributed by atoms with Gasteiger partial charge in [-0.3, -0.25) is 4.79 Å². The normalized spacial score (nSPS) is 11.9. The molecule has 1 atom stereocenters. The summed E-state index contributed by atoms with van der Waals surface area (Å²) in [6.07, 6.45) is 0. The Kier molecular flexibility index (Phi) is 3.69. The van der Waals surface area contributed by atoms with Crippen LogP contribution in [0.2, 0.25) is 0 Å². The molecule has 0 fully saturated rings. The summed E-state index contributed by atoms with van der Waals surface area (Å²) >= 11 is 0. The van der Waals surface area contributed by atoms with E-state index in [9.17, 15) is 9.18 Å². The molecule has 18 heavy (non-hydrogen) atoms. The molecule has 0 unspecified atom stereocenters. The highest BCUT2D eigenvalue weighted by Crippen LogP contribution is 2.14. The molecule has 3 nitrogen and oxygen atoms in total.